The van der Waals surface area contributed by atoms with Gasteiger partial charge in [-0.25, -0.2) is 0 Å². The van der Waals surface area contributed by atoms with Gasteiger partial charge in [0, 0.05) is 23.7 Å². The topological polar surface area (TPSA) is 59.1 Å². The van der Waals surface area contributed by atoms with E-state index in [0.717, 1.165) is 11.3 Å². The van der Waals surface area contributed by atoms with Gasteiger partial charge in [-0.3, -0.25) is 4.98 Å². The Morgan fingerprint density at radius 1 is 1.43 bits per heavy atom. The predicted molar refractivity (Wildman–Crippen MR) is 55.0 cm³/mol. The van der Waals surface area contributed by atoms with E-state index in [0.29, 0.717) is 12.5 Å². The number of pyridine rings is 1. The number of hydrogen-bond donors (Lipinski definition) is 2. The van der Waals surface area contributed by atoms with Crippen molar-refractivity contribution in [3.63, 3.8) is 0 Å². The van der Waals surface area contributed by atoms with Crippen LogP contribution >= 0.6 is 0 Å². The summed E-state index contributed by atoms with van der Waals surface area (Å²) in [5.74, 6) is 0.801. The largest absolute Gasteiger partial charge is 0.506 e. The molecule has 1 fully saturated rings. The van der Waals surface area contributed by atoms with E-state index in [9.17, 15) is 5.11 Å². The van der Waals surface area contributed by atoms with Gasteiger partial charge in [-0.1, -0.05) is 12.8 Å². The number of aromatic hydroxyl groups is 1. The Morgan fingerprint density at radius 3 is 2.79 bits per heavy atom. The van der Waals surface area contributed by atoms with Crippen molar-refractivity contribution in [2.24, 2.45) is 5.73 Å². The van der Waals surface area contributed by atoms with E-state index in [2.05, 4.69) is 4.98 Å². The smallest absolute Gasteiger partial charge is 0.138 e. The summed E-state index contributed by atoms with van der Waals surface area (Å²) in [4.78, 5) is 4.26. The maximum absolute atomic E-state index is 9.44. The number of rotatable bonds is 2. The first-order valence-corrected chi connectivity index (χ1v) is 5.19. The summed E-state index contributed by atoms with van der Waals surface area (Å²) in [5.41, 5.74) is 7.44. The van der Waals surface area contributed by atoms with Gasteiger partial charge in [-0.2, -0.15) is 0 Å². The highest BCUT2D eigenvalue weighted by Gasteiger charge is 2.18. The van der Waals surface area contributed by atoms with Crippen LogP contribution in [0, 0.1) is 0 Å². The normalized spacial score (nSPS) is 17.5. The molecular weight excluding hydrogens is 176 g/mol. The number of nitrogens with two attached hydrogens (primary N) is 1. The molecule has 3 N–H and O–H groups in total. The molecule has 0 aliphatic heterocycles. The zero-order chi connectivity index (χ0) is 9.97. The molecule has 0 unspecified atom stereocenters. The van der Waals surface area contributed by atoms with Crippen molar-refractivity contribution in [1.29, 1.82) is 0 Å². The quantitative estimate of drug-likeness (QED) is 0.752. The minimum absolute atomic E-state index is 0.217. The molecule has 76 valence electrons. The zero-order valence-electron chi connectivity index (χ0n) is 8.24. The molecule has 14 heavy (non-hydrogen) atoms. The highest BCUT2D eigenvalue weighted by molar-refractivity contribution is 5.32. The zero-order valence-corrected chi connectivity index (χ0v) is 8.24. The van der Waals surface area contributed by atoms with E-state index in [1.165, 1.54) is 31.9 Å². The summed E-state index contributed by atoms with van der Waals surface area (Å²) in [6.45, 7) is 0.383. The average molecular weight is 192 g/mol. The average Bonchev–Trinajstić information content (AvgIpc) is 2.71. The molecule has 1 heterocycles. The Bertz CT molecular complexity index is 319. The molecular formula is C11H16N2O. The van der Waals surface area contributed by atoms with Crippen LogP contribution in [-0.2, 0) is 6.54 Å². The molecule has 0 saturated heterocycles. The third kappa shape index (κ3) is 1.73. The maximum atomic E-state index is 9.44. The summed E-state index contributed by atoms with van der Waals surface area (Å²) in [6, 6.07) is 1.95. The molecule has 0 amide bonds. The minimum Gasteiger partial charge on any atom is -0.506 e. The van der Waals surface area contributed by atoms with Gasteiger partial charge in [0.05, 0.1) is 6.20 Å². The molecule has 1 aliphatic carbocycles. The van der Waals surface area contributed by atoms with Gasteiger partial charge in [-0.15, -0.1) is 0 Å². The molecule has 1 aromatic rings. The van der Waals surface area contributed by atoms with Crippen molar-refractivity contribution in [1.82, 2.24) is 4.98 Å². The molecule has 1 saturated carbocycles. The van der Waals surface area contributed by atoms with Crippen LogP contribution in [0.15, 0.2) is 12.3 Å². The molecule has 1 aromatic heterocycles. The maximum Gasteiger partial charge on any atom is 0.138 e. The van der Waals surface area contributed by atoms with Gasteiger partial charge >= 0.3 is 0 Å². The van der Waals surface area contributed by atoms with E-state index >= 15 is 0 Å². The van der Waals surface area contributed by atoms with Crippen molar-refractivity contribution in [3.8, 4) is 5.75 Å². The minimum atomic E-state index is 0.217. The SMILES string of the molecule is NCc1cc(C2CCCC2)ncc1O. The van der Waals surface area contributed by atoms with E-state index in [1.54, 1.807) is 0 Å². The molecule has 0 bridgehead atoms. The van der Waals surface area contributed by atoms with Crippen LogP contribution in [-0.4, -0.2) is 10.1 Å². The number of nitrogens with zero attached hydrogens (tertiary/aromatic N) is 1. The van der Waals surface area contributed by atoms with Gasteiger partial charge in [0.15, 0.2) is 0 Å². The van der Waals surface area contributed by atoms with Gasteiger partial charge in [-0.05, 0) is 18.9 Å². The first-order chi connectivity index (χ1) is 6.81. The second-order valence-electron chi connectivity index (χ2n) is 3.92. The molecule has 0 aromatic carbocycles. The van der Waals surface area contributed by atoms with Crippen LogP contribution in [0.25, 0.3) is 0 Å². The van der Waals surface area contributed by atoms with Crippen LogP contribution in [0.2, 0.25) is 0 Å². The van der Waals surface area contributed by atoms with Crippen molar-refractivity contribution >= 4 is 0 Å². The lowest BCUT2D eigenvalue weighted by molar-refractivity contribution is 0.464. The van der Waals surface area contributed by atoms with Crippen LogP contribution in [0.5, 0.6) is 5.75 Å². The first-order valence-electron chi connectivity index (χ1n) is 5.19. The van der Waals surface area contributed by atoms with Crippen molar-refractivity contribution in [3.05, 3.63) is 23.5 Å². The molecule has 3 heteroatoms. The Morgan fingerprint density at radius 2 is 2.14 bits per heavy atom. The Labute approximate surface area is 84.0 Å². The van der Waals surface area contributed by atoms with E-state index in [-0.39, 0.29) is 5.75 Å². The second kappa shape index (κ2) is 3.96. The fourth-order valence-electron chi connectivity index (χ4n) is 2.12. The van der Waals surface area contributed by atoms with Gasteiger partial charge in [0.25, 0.3) is 0 Å². The van der Waals surface area contributed by atoms with Gasteiger partial charge in [0.2, 0.25) is 0 Å². The Kier molecular flexibility index (Phi) is 2.68. The predicted octanol–water partition coefficient (Wildman–Crippen LogP) is 1.90. The molecule has 0 spiro atoms. The van der Waals surface area contributed by atoms with Crippen molar-refractivity contribution in [2.75, 3.05) is 0 Å². The highest BCUT2D eigenvalue weighted by atomic mass is 16.3. The summed E-state index contributed by atoms with van der Waals surface area (Å²) in [5, 5.41) is 9.44. The van der Waals surface area contributed by atoms with Crippen LogP contribution < -0.4 is 5.73 Å². The lowest BCUT2D eigenvalue weighted by atomic mass is 10.0. The van der Waals surface area contributed by atoms with E-state index in [4.69, 9.17) is 5.73 Å². The Hall–Kier alpha value is -1.09. The van der Waals surface area contributed by atoms with Crippen molar-refractivity contribution < 1.29 is 5.11 Å². The van der Waals surface area contributed by atoms with Gasteiger partial charge in [0.1, 0.15) is 5.75 Å². The van der Waals surface area contributed by atoms with Crippen LogP contribution in [0.4, 0.5) is 0 Å². The summed E-state index contributed by atoms with van der Waals surface area (Å²) >= 11 is 0. The molecule has 0 atom stereocenters. The Balaban J connectivity index is 2.25. The first kappa shape index (κ1) is 9.46. The fraction of sp³-hybridized carbons (Fsp3) is 0.545. The molecule has 1 aliphatic rings. The lowest BCUT2D eigenvalue weighted by Gasteiger charge is -2.10. The van der Waals surface area contributed by atoms with Crippen LogP contribution in [0.3, 0.4) is 0 Å². The van der Waals surface area contributed by atoms with E-state index in [1.807, 2.05) is 6.07 Å². The standard InChI is InChI=1S/C11H16N2O/c12-6-9-5-10(13-7-11(9)14)8-3-1-2-4-8/h5,7-8,14H,1-4,6,12H2. The highest BCUT2D eigenvalue weighted by Crippen LogP contribution is 2.34. The third-order valence-electron chi connectivity index (χ3n) is 2.98. The number of aromatic nitrogens is 1. The van der Waals surface area contributed by atoms with Crippen LogP contribution in [0.1, 0.15) is 42.9 Å². The summed E-state index contributed by atoms with van der Waals surface area (Å²) < 4.78 is 0. The summed E-state index contributed by atoms with van der Waals surface area (Å²) in [7, 11) is 0. The van der Waals surface area contributed by atoms with Crippen molar-refractivity contribution in [2.45, 2.75) is 38.1 Å². The monoisotopic (exact) mass is 192 g/mol. The molecule has 0 radical (unpaired) electrons. The second-order valence-corrected chi connectivity index (χ2v) is 3.92. The third-order valence-corrected chi connectivity index (χ3v) is 2.98. The molecule has 3 nitrogen and oxygen atoms in total. The lowest BCUT2D eigenvalue weighted by Crippen LogP contribution is -2.02. The van der Waals surface area contributed by atoms with Gasteiger partial charge < -0.3 is 10.8 Å². The summed E-state index contributed by atoms with van der Waals surface area (Å²) in [6.07, 6.45) is 6.57. The fourth-order valence-corrected chi connectivity index (χ4v) is 2.12. The van der Waals surface area contributed by atoms with E-state index < -0.39 is 0 Å². The number of hydrogen-bond acceptors (Lipinski definition) is 3. The molecule has 2 rings (SSSR count).